The number of hydrogen-bond donors (Lipinski definition) is 2. The summed E-state index contributed by atoms with van der Waals surface area (Å²) in [5.74, 6) is -0.164. The Morgan fingerprint density at radius 3 is 2.41 bits per heavy atom. The molecule has 0 spiro atoms. The standard InChI is InChI=1S/C22H35N3O4/c26-19-11-10-18(24-19)20(27)25(15-17-9-6-14-29-17)22(12-4-1-5-13-22)21(28)23-16-7-2-3-8-16/h16-18H,1-15H2,(H,23,28)(H,24,26). The summed E-state index contributed by atoms with van der Waals surface area (Å²) in [6.07, 6.45) is 11.6. The Balaban J connectivity index is 1.60. The summed E-state index contributed by atoms with van der Waals surface area (Å²) in [6, 6.07) is -0.283. The van der Waals surface area contributed by atoms with Gasteiger partial charge < -0.3 is 20.3 Å². The average molecular weight is 406 g/mol. The van der Waals surface area contributed by atoms with Gasteiger partial charge in [-0.3, -0.25) is 14.4 Å². The van der Waals surface area contributed by atoms with Gasteiger partial charge in [0.05, 0.1) is 6.10 Å². The Hall–Kier alpha value is -1.63. The molecule has 3 amide bonds. The molecule has 2 saturated carbocycles. The Morgan fingerprint density at radius 2 is 1.79 bits per heavy atom. The Morgan fingerprint density at radius 1 is 1.03 bits per heavy atom. The van der Waals surface area contributed by atoms with Crippen molar-refractivity contribution >= 4 is 17.7 Å². The van der Waals surface area contributed by atoms with Crippen LogP contribution in [0.25, 0.3) is 0 Å². The van der Waals surface area contributed by atoms with Gasteiger partial charge in [-0.15, -0.1) is 0 Å². The van der Waals surface area contributed by atoms with Crippen molar-refractivity contribution in [3.63, 3.8) is 0 Å². The molecular formula is C22H35N3O4. The normalized spacial score (nSPS) is 29.6. The predicted octanol–water partition coefficient (Wildman–Crippen LogP) is 2.03. The highest BCUT2D eigenvalue weighted by atomic mass is 16.5. The highest BCUT2D eigenvalue weighted by Gasteiger charge is 2.50. The van der Waals surface area contributed by atoms with Crippen LogP contribution in [0.4, 0.5) is 0 Å². The van der Waals surface area contributed by atoms with Crippen molar-refractivity contribution in [3.8, 4) is 0 Å². The summed E-state index contributed by atoms with van der Waals surface area (Å²) in [7, 11) is 0. The van der Waals surface area contributed by atoms with Crippen LogP contribution in [0.1, 0.15) is 83.5 Å². The molecule has 2 unspecified atom stereocenters. The lowest BCUT2D eigenvalue weighted by Gasteiger charge is -2.47. The summed E-state index contributed by atoms with van der Waals surface area (Å²) >= 11 is 0. The second-order valence-corrected chi connectivity index (χ2v) is 9.29. The lowest BCUT2D eigenvalue weighted by atomic mass is 9.78. The van der Waals surface area contributed by atoms with Crippen LogP contribution in [0.2, 0.25) is 0 Å². The SMILES string of the molecule is O=C1CCC(C(=O)N(CC2CCCO2)C2(C(=O)NC3CCCC3)CCCCC2)N1. The topological polar surface area (TPSA) is 87.7 Å². The first kappa shape index (κ1) is 20.6. The van der Waals surface area contributed by atoms with Crippen molar-refractivity contribution < 1.29 is 19.1 Å². The van der Waals surface area contributed by atoms with E-state index in [1.165, 1.54) is 0 Å². The quantitative estimate of drug-likeness (QED) is 0.708. The van der Waals surface area contributed by atoms with Gasteiger partial charge in [-0.2, -0.15) is 0 Å². The second kappa shape index (κ2) is 9.02. The highest BCUT2D eigenvalue weighted by molar-refractivity contribution is 5.96. The minimum absolute atomic E-state index is 0.0137. The summed E-state index contributed by atoms with van der Waals surface area (Å²) < 4.78 is 5.85. The van der Waals surface area contributed by atoms with Gasteiger partial charge in [-0.05, 0) is 44.9 Å². The van der Waals surface area contributed by atoms with Crippen molar-refractivity contribution in [2.45, 2.75) is 107 Å². The van der Waals surface area contributed by atoms with E-state index < -0.39 is 11.6 Å². The number of amides is 3. The minimum Gasteiger partial charge on any atom is -0.376 e. The van der Waals surface area contributed by atoms with Gasteiger partial charge in [-0.1, -0.05) is 32.1 Å². The van der Waals surface area contributed by atoms with Crippen LogP contribution in [-0.4, -0.2) is 59.5 Å². The lowest BCUT2D eigenvalue weighted by Crippen LogP contribution is -2.66. The summed E-state index contributed by atoms with van der Waals surface area (Å²) in [5, 5.41) is 6.11. The third-order valence-corrected chi connectivity index (χ3v) is 7.28. The number of nitrogens with zero attached hydrogens (tertiary/aromatic N) is 1. The van der Waals surface area contributed by atoms with Crippen LogP contribution >= 0.6 is 0 Å². The van der Waals surface area contributed by atoms with E-state index in [0.717, 1.165) is 57.8 Å². The molecule has 0 bridgehead atoms. The Kier molecular flexibility index (Phi) is 6.42. The zero-order valence-corrected chi connectivity index (χ0v) is 17.4. The number of hydrogen-bond acceptors (Lipinski definition) is 4. The molecule has 4 rings (SSSR count). The lowest BCUT2D eigenvalue weighted by molar-refractivity contribution is -0.154. The molecule has 162 valence electrons. The number of nitrogens with one attached hydrogen (secondary N) is 2. The Bertz CT molecular complexity index is 620. The molecule has 0 radical (unpaired) electrons. The molecule has 0 aromatic heterocycles. The molecule has 0 aromatic rings. The third kappa shape index (κ3) is 4.44. The monoisotopic (exact) mass is 405 g/mol. The molecule has 2 saturated heterocycles. The van der Waals surface area contributed by atoms with Gasteiger partial charge in [0.15, 0.2) is 0 Å². The molecule has 0 aromatic carbocycles. The predicted molar refractivity (Wildman–Crippen MR) is 108 cm³/mol. The second-order valence-electron chi connectivity index (χ2n) is 9.29. The molecule has 7 nitrogen and oxygen atoms in total. The molecule has 29 heavy (non-hydrogen) atoms. The molecular weight excluding hydrogens is 370 g/mol. The molecule has 2 aliphatic carbocycles. The van der Waals surface area contributed by atoms with Crippen molar-refractivity contribution in [2.75, 3.05) is 13.2 Å². The van der Waals surface area contributed by atoms with Crippen molar-refractivity contribution in [3.05, 3.63) is 0 Å². The van der Waals surface area contributed by atoms with Crippen LogP contribution < -0.4 is 10.6 Å². The van der Waals surface area contributed by atoms with E-state index in [9.17, 15) is 14.4 Å². The highest BCUT2D eigenvalue weighted by Crippen LogP contribution is 2.37. The van der Waals surface area contributed by atoms with E-state index in [1.807, 2.05) is 4.90 Å². The number of rotatable bonds is 6. The van der Waals surface area contributed by atoms with Gasteiger partial charge in [0.1, 0.15) is 11.6 Å². The van der Waals surface area contributed by atoms with Crippen LogP contribution in [0.15, 0.2) is 0 Å². The van der Waals surface area contributed by atoms with Crippen LogP contribution in [0.5, 0.6) is 0 Å². The van der Waals surface area contributed by atoms with E-state index in [1.54, 1.807) is 0 Å². The van der Waals surface area contributed by atoms with E-state index in [-0.39, 0.29) is 29.9 Å². The van der Waals surface area contributed by atoms with Crippen molar-refractivity contribution in [1.29, 1.82) is 0 Å². The molecule has 2 heterocycles. The molecule has 2 atom stereocenters. The average Bonchev–Trinajstić information content (AvgIpc) is 3.49. The van der Waals surface area contributed by atoms with Crippen molar-refractivity contribution in [2.24, 2.45) is 0 Å². The van der Waals surface area contributed by atoms with Gasteiger partial charge in [0.25, 0.3) is 0 Å². The maximum atomic E-state index is 13.6. The Labute approximate surface area is 173 Å². The van der Waals surface area contributed by atoms with Gasteiger partial charge in [0, 0.05) is 25.6 Å². The minimum atomic E-state index is -0.808. The third-order valence-electron chi connectivity index (χ3n) is 7.28. The first-order valence-corrected chi connectivity index (χ1v) is 11.6. The first-order chi connectivity index (χ1) is 14.1. The number of ether oxygens (including phenoxy) is 1. The van der Waals surface area contributed by atoms with Crippen LogP contribution in [0, 0.1) is 0 Å². The molecule has 4 fully saturated rings. The zero-order chi connectivity index (χ0) is 20.3. The maximum Gasteiger partial charge on any atom is 0.246 e. The molecule has 2 aliphatic heterocycles. The van der Waals surface area contributed by atoms with Crippen LogP contribution in [0.3, 0.4) is 0 Å². The van der Waals surface area contributed by atoms with E-state index in [4.69, 9.17) is 4.74 Å². The van der Waals surface area contributed by atoms with Crippen molar-refractivity contribution in [1.82, 2.24) is 15.5 Å². The summed E-state index contributed by atoms with van der Waals surface area (Å²) in [4.78, 5) is 40.8. The van der Waals surface area contributed by atoms with E-state index >= 15 is 0 Å². The maximum absolute atomic E-state index is 13.6. The largest absolute Gasteiger partial charge is 0.376 e. The summed E-state index contributed by atoms with van der Waals surface area (Å²) in [6.45, 7) is 1.16. The zero-order valence-electron chi connectivity index (χ0n) is 17.4. The fraction of sp³-hybridized carbons (Fsp3) is 0.864. The summed E-state index contributed by atoms with van der Waals surface area (Å²) in [5.41, 5.74) is -0.808. The molecule has 4 aliphatic rings. The fourth-order valence-corrected chi connectivity index (χ4v) is 5.60. The number of carbonyl (C=O) groups excluding carboxylic acids is 3. The van der Waals surface area contributed by atoms with Crippen LogP contribution in [-0.2, 0) is 19.1 Å². The number of carbonyl (C=O) groups is 3. The van der Waals surface area contributed by atoms with E-state index in [2.05, 4.69) is 10.6 Å². The van der Waals surface area contributed by atoms with E-state index in [0.29, 0.717) is 38.8 Å². The van der Waals surface area contributed by atoms with Gasteiger partial charge in [0.2, 0.25) is 17.7 Å². The smallest absolute Gasteiger partial charge is 0.246 e. The molecule has 2 N–H and O–H groups in total. The fourth-order valence-electron chi connectivity index (χ4n) is 5.60. The first-order valence-electron chi connectivity index (χ1n) is 11.6. The van der Waals surface area contributed by atoms with Gasteiger partial charge >= 0.3 is 0 Å². The molecule has 7 heteroatoms. The van der Waals surface area contributed by atoms with Gasteiger partial charge in [-0.25, -0.2) is 0 Å².